The molecule has 5 nitrogen and oxygen atoms in total. The molecular formula is C11H20N4O. The summed E-state index contributed by atoms with van der Waals surface area (Å²) in [5.74, 6) is 5.91. The molecule has 0 aromatic carbocycles. The van der Waals surface area contributed by atoms with Gasteiger partial charge in [0.05, 0.1) is 23.6 Å². The van der Waals surface area contributed by atoms with Crippen LogP contribution in [0.2, 0.25) is 0 Å². The minimum atomic E-state index is 0.0169. The highest BCUT2D eigenvalue weighted by atomic mass is 16.5. The molecule has 0 aliphatic carbocycles. The van der Waals surface area contributed by atoms with Crippen LogP contribution >= 0.6 is 0 Å². The molecule has 0 spiro atoms. The molecule has 2 unspecified atom stereocenters. The molecule has 1 aromatic rings. The number of aromatic nitrogens is 2. The third-order valence-corrected chi connectivity index (χ3v) is 2.65. The van der Waals surface area contributed by atoms with Gasteiger partial charge in [0.15, 0.2) is 0 Å². The monoisotopic (exact) mass is 224 g/mol. The van der Waals surface area contributed by atoms with Crippen LogP contribution < -0.4 is 11.3 Å². The van der Waals surface area contributed by atoms with Crippen LogP contribution in [0.4, 0.5) is 0 Å². The molecule has 1 aromatic heterocycles. The van der Waals surface area contributed by atoms with E-state index in [1.807, 2.05) is 6.92 Å². The Hall–Kier alpha value is -1.04. The molecule has 1 rings (SSSR count). The number of hydrogen-bond acceptors (Lipinski definition) is 5. The smallest absolute Gasteiger partial charge is 0.0772 e. The molecule has 90 valence electrons. The van der Waals surface area contributed by atoms with Crippen molar-refractivity contribution in [3.05, 3.63) is 23.8 Å². The molecule has 3 N–H and O–H groups in total. The van der Waals surface area contributed by atoms with Crippen molar-refractivity contribution in [3.63, 3.8) is 0 Å². The predicted molar refractivity (Wildman–Crippen MR) is 62.5 cm³/mol. The van der Waals surface area contributed by atoms with Gasteiger partial charge in [0, 0.05) is 19.9 Å². The molecule has 0 saturated heterocycles. The Kier molecular flexibility index (Phi) is 5.31. The highest BCUT2D eigenvalue weighted by Gasteiger charge is 2.19. The number of hydrazine groups is 1. The van der Waals surface area contributed by atoms with Gasteiger partial charge in [-0.2, -0.15) is 0 Å². The summed E-state index contributed by atoms with van der Waals surface area (Å²) in [6, 6.07) is 0.0169. The van der Waals surface area contributed by atoms with Gasteiger partial charge in [-0.3, -0.25) is 21.2 Å². The van der Waals surface area contributed by atoms with Gasteiger partial charge in [0.1, 0.15) is 0 Å². The van der Waals surface area contributed by atoms with Gasteiger partial charge >= 0.3 is 0 Å². The summed E-state index contributed by atoms with van der Waals surface area (Å²) in [4.78, 5) is 8.55. The van der Waals surface area contributed by atoms with Crippen molar-refractivity contribution >= 4 is 0 Å². The zero-order valence-corrected chi connectivity index (χ0v) is 10.1. The molecule has 0 aliphatic heterocycles. The zero-order chi connectivity index (χ0) is 12.0. The Morgan fingerprint density at radius 2 is 2.19 bits per heavy atom. The van der Waals surface area contributed by atoms with E-state index >= 15 is 0 Å². The van der Waals surface area contributed by atoms with Gasteiger partial charge in [-0.1, -0.05) is 6.92 Å². The SMILES string of the molecule is COCCC(C)C(NN)c1cnc(C)cn1. The zero-order valence-electron chi connectivity index (χ0n) is 10.1. The third kappa shape index (κ3) is 3.52. The number of ether oxygens (including phenoxy) is 1. The first-order valence-electron chi connectivity index (χ1n) is 5.42. The van der Waals surface area contributed by atoms with Crippen molar-refractivity contribution in [1.82, 2.24) is 15.4 Å². The van der Waals surface area contributed by atoms with Crippen molar-refractivity contribution in [1.29, 1.82) is 0 Å². The van der Waals surface area contributed by atoms with Crippen molar-refractivity contribution < 1.29 is 4.74 Å². The van der Waals surface area contributed by atoms with Crippen molar-refractivity contribution in [2.75, 3.05) is 13.7 Å². The largest absolute Gasteiger partial charge is 0.385 e. The molecule has 0 fully saturated rings. The van der Waals surface area contributed by atoms with Crippen LogP contribution in [-0.2, 0) is 4.74 Å². The van der Waals surface area contributed by atoms with Gasteiger partial charge < -0.3 is 4.74 Å². The second-order valence-corrected chi connectivity index (χ2v) is 3.99. The maximum absolute atomic E-state index is 5.56. The number of methoxy groups -OCH3 is 1. The Morgan fingerprint density at radius 1 is 1.44 bits per heavy atom. The second kappa shape index (κ2) is 6.52. The molecular weight excluding hydrogens is 204 g/mol. The normalized spacial score (nSPS) is 14.8. The number of hydrogen-bond donors (Lipinski definition) is 2. The third-order valence-electron chi connectivity index (χ3n) is 2.65. The van der Waals surface area contributed by atoms with Crippen LogP contribution in [0, 0.1) is 12.8 Å². The molecule has 0 aliphatic rings. The van der Waals surface area contributed by atoms with Crippen molar-refractivity contribution in [2.45, 2.75) is 26.3 Å². The molecule has 2 atom stereocenters. The quantitative estimate of drug-likeness (QED) is 0.556. The van der Waals surface area contributed by atoms with E-state index in [0.717, 1.165) is 24.4 Å². The standard InChI is InChI=1S/C11H20N4O/c1-8(4-5-16-3)11(15-12)10-7-13-9(2)6-14-10/h6-8,11,15H,4-5,12H2,1-3H3. The minimum absolute atomic E-state index is 0.0169. The average Bonchev–Trinajstić information content (AvgIpc) is 2.30. The Balaban J connectivity index is 2.69. The van der Waals surface area contributed by atoms with Crippen molar-refractivity contribution in [2.24, 2.45) is 11.8 Å². The average molecular weight is 224 g/mol. The van der Waals surface area contributed by atoms with E-state index in [4.69, 9.17) is 10.6 Å². The minimum Gasteiger partial charge on any atom is -0.385 e. The molecule has 0 amide bonds. The van der Waals surface area contributed by atoms with E-state index in [0.29, 0.717) is 5.92 Å². The summed E-state index contributed by atoms with van der Waals surface area (Å²) in [7, 11) is 1.70. The Labute approximate surface area is 96.4 Å². The number of aryl methyl sites for hydroxylation is 1. The van der Waals surface area contributed by atoms with E-state index in [9.17, 15) is 0 Å². The van der Waals surface area contributed by atoms with E-state index in [1.165, 1.54) is 0 Å². The maximum atomic E-state index is 5.56. The lowest BCUT2D eigenvalue weighted by Crippen LogP contribution is -2.33. The van der Waals surface area contributed by atoms with E-state index in [-0.39, 0.29) is 6.04 Å². The summed E-state index contributed by atoms with van der Waals surface area (Å²) in [6.07, 6.45) is 4.45. The fourth-order valence-electron chi connectivity index (χ4n) is 1.57. The molecule has 16 heavy (non-hydrogen) atoms. The molecule has 0 bridgehead atoms. The van der Waals surface area contributed by atoms with E-state index < -0.39 is 0 Å². The summed E-state index contributed by atoms with van der Waals surface area (Å²) < 4.78 is 5.06. The van der Waals surface area contributed by atoms with Gasteiger partial charge in [0.25, 0.3) is 0 Å². The highest BCUT2D eigenvalue weighted by molar-refractivity contribution is 5.06. The van der Waals surface area contributed by atoms with Crippen molar-refractivity contribution in [3.8, 4) is 0 Å². The molecule has 5 heteroatoms. The van der Waals surface area contributed by atoms with Crippen LogP contribution in [0.25, 0.3) is 0 Å². The van der Waals surface area contributed by atoms with Gasteiger partial charge in [-0.05, 0) is 19.3 Å². The Bertz CT molecular complexity index is 301. The number of rotatable bonds is 6. The topological polar surface area (TPSA) is 73.1 Å². The lowest BCUT2D eigenvalue weighted by molar-refractivity contribution is 0.169. The van der Waals surface area contributed by atoms with Gasteiger partial charge in [-0.25, -0.2) is 0 Å². The lowest BCUT2D eigenvalue weighted by Gasteiger charge is -2.22. The predicted octanol–water partition coefficient (Wildman–Crippen LogP) is 0.962. The highest BCUT2D eigenvalue weighted by Crippen LogP contribution is 2.21. The summed E-state index contributed by atoms with van der Waals surface area (Å²) in [6.45, 7) is 4.75. The van der Waals surface area contributed by atoms with Crippen LogP contribution in [-0.4, -0.2) is 23.7 Å². The van der Waals surface area contributed by atoms with Crippen LogP contribution in [0.1, 0.15) is 30.8 Å². The van der Waals surface area contributed by atoms with Gasteiger partial charge in [-0.15, -0.1) is 0 Å². The van der Waals surface area contributed by atoms with E-state index in [1.54, 1.807) is 19.5 Å². The van der Waals surface area contributed by atoms with Crippen LogP contribution in [0.5, 0.6) is 0 Å². The molecule has 0 radical (unpaired) electrons. The van der Waals surface area contributed by atoms with E-state index in [2.05, 4.69) is 22.3 Å². The van der Waals surface area contributed by atoms with Crippen LogP contribution in [0.15, 0.2) is 12.4 Å². The summed E-state index contributed by atoms with van der Waals surface area (Å²) >= 11 is 0. The first kappa shape index (κ1) is 13.0. The Morgan fingerprint density at radius 3 is 2.69 bits per heavy atom. The summed E-state index contributed by atoms with van der Waals surface area (Å²) in [5.41, 5.74) is 4.57. The lowest BCUT2D eigenvalue weighted by atomic mass is 9.96. The second-order valence-electron chi connectivity index (χ2n) is 3.99. The first-order chi connectivity index (χ1) is 7.69. The summed E-state index contributed by atoms with van der Waals surface area (Å²) in [5, 5.41) is 0. The number of nitrogens with two attached hydrogens (primary N) is 1. The van der Waals surface area contributed by atoms with Gasteiger partial charge in [0.2, 0.25) is 0 Å². The molecule has 1 heterocycles. The number of nitrogens with zero attached hydrogens (tertiary/aromatic N) is 2. The fourth-order valence-corrected chi connectivity index (χ4v) is 1.57. The molecule has 0 saturated carbocycles. The number of nitrogens with one attached hydrogen (secondary N) is 1. The van der Waals surface area contributed by atoms with Crippen LogP contribution in [0.3, 0.4) is 0 Å². The maximum Gasteiger partial charge on any atom is 0.0772 e. The fraction of sp³-hybridized carbons (Fsp3) is 0.636. The first-order valence-corrected chi connectivity index (χ1v) is 5.42.